The molecule has 30 heavy (non-hydrogen) atoms. The molecule has 2 aliphatic rings. The van der Waals surface area contributed by atoms with Gasteiger partial charge in [0.15, 0.2) is 5.96 Å². The summed E-state index contributed by atoms with van der Waals surface area (Å²) in [6, 6.07) is 7.85. The van der Waals surface area contributed by atoms with Crippen molar-refractivity contribution in [3.05, 3.63) is 29.8 Å². The van der Waals surface area contributed by atoms with Crippen molar-refractivity contribution in [2.45, 2.75) is 39.7 Å². The average Bonchev–Trinajstić information content (AvgIpc) is 3.05. The molecule has 0 bridgehead atoms. The second-order valence-corrected chi connectivity index (χ2v) is 8.00. The number of nitrogens with one attached hydrogen (secondary N) is 2. The van der Waals surface area contributed by atoms with Crippen LogP contribution in [0.5, 0.6) is 0 Å². The largest absolute Gasteiger partial charge is 0.469 e. The molecule has 0 radical (unpaired) electrons. The van der Waals surface area contributed by atoms with Crippen LogP contribution in [0.2, 0.25) is 0 Å². The zero-order chi connectivity index (χ0) is 20.8. The lowest BCUT2D eigenvalue weighted by molar-refractivity contribution is -0.146. The summed E-state index contributed by atoms with van der Waals surface area (Å²) in [5.74, 6) is 1.01. The smallest absolute Gasteiger partial charge is 0.310 e. The second kappa shape index (κ2) is 11.5. The number of methoxy groups -OCH3 is 1. The van der Waals surface area contributed by atoms with Crippen molar-refractivity contribution in [3.8, 4) is 0 Å². The van der Waals surface area contributed by atoms with Crippen molar-refractivity contribution in [1.82, 2.24) is 10.2 Å². The van der Waals surface area contributed by atoms with Gasteiger partial charge in [-0.3, -0.25) is 9.59 Å². The van der Waals surface area contributed by atoms with Gasteiger partial charge in [0, 0.05) is 31.2 Å². The van der Waals surface area contributed by atoms with Gasteiger partial charge in [-0.1, -0.05) is 25.5 Å². The van der Waals surface area contributed by atoms with E-state index < -0.39 is 0 Å². The first-order valence-electron chi connectivity index (χ1n) is 10.5. The Kier molecular flexibility index (Phi) is 9.38. The Morgan fingerprint density at radius 3 is 2.67 bits per heavy atom. The van der Waals surface area contributed by atoms with E-state index in [2.05, 4.69) is 22.5 Å². The van der Waals surface area contributed by atoms with Crippen LogP contribution in [-0.4, -0.2) is 49.5 Å². The summed E-state index contributed by atoms with van der Waals surface area (Å²) in [5, 5.41) is 6.34. The molecule has 1 aromatic carbocycles. The molecule has 1 saturated heterocycles. The fourth-order valence-corrected chi connectivity index (χ4v) is 3.85. The predicted molar refractivity (Wildman–Crippen MR) is 129 cm³/mol. The molecule has 8 heteroatoms. The molecule has 7 nitrogen and oxygen atoms in total. The van der Waals surface area contributed by atoms with Gasteiger partial charge in [-0.15, -0.1) is 24.0 Å². The minimum atomic E-state index is -0.161. The van der Waals surface area contributed by atoms with E-state index >= 15 is 0 Å². The average molecular weight is 528 g/mol. The summed E-state index contributed by atoms with van der Waals surface area (Å²) < 4.78 is 4.94. The summed E-state index contributed by atoms with van der Waals surface area (Å²) in [7, 11) is 1.44. The third-order valence-corrected chi connectivity index (χ3v) is 5.83. The number of halogens is 1. The normalized spacial score (nSPS) is 21.4. The molecule has 1 saturated carbocycles. The molecule has 3 rings (SSSR count). The van der Waals surface area contributed by atoms with E-state index in [0.29, 0.717) is 13.1 Å². The van der Waals surface area contributed by atoms with Crippen molar-refractivity contribution in [3.63, 3.8) is 0 Å². The molecule has 2 unspecified atom stereocenters. The third kappa shape index (κ3) is 6.09. The minimum Gasteiger partial charge on any atom is -0.469 e. The highest BCUT2D eigenvalue weighted by atomic mass is 127. The highest BCUT2D eigenvalue weighted by molar-refractivity contribution is 14.0. The Morgan fingerprint density at radius 1 is 1.27 bits per heavy atom. The van der Waals surface area contributed by atoms with E-state index in [1.54, 1.807) is 0 Å². The molecule has 2 atom stereocenters. The quantitative estimate of drug-likeness (QED) is 0.257. The first-order valence-corrected chi connectivity index (χ1v) is 10.5. The minimum absolute atomic E-state index is 0. The molecule has 0 spiro atoms. The number of carbonyl (C=O) groups excluding carboxylic acids is 2. The number of carbonyl (C=O) groups is 2. The maximum absolute atomic E-state index is 12.2. The summed E-state index contributed by atoms with van der Waals surface area (Å²) in [4.78, 5) is 31.1. The molecule has 2 N–H and O–H groups in total. The number of hydrogen-bond donors (Lipinski definition) is 2. The number of esters is 1. The number of likely N-dealkylation sites (tertiary alicyclic amines) is 1. The second-order valence-electron chi connectivity index (χ2n) is 8.00. The molecular weight excluding hydrogens is 495 g/mol. The van der Waals surface area contributed by atoms with Gasteiger partial charge in [0.2, 0.25) is 5.91 Å². The highest BCUT2D eigenvalue weighted by Crippen LogP contribution is 2.28. The Labute approximate surface area is 196 Å². The topological polar surface area (TPSA) is 83.0 Å². The van der Waals surface area contributed by atoms with E-state index in [1.165, 1.54) is 7.11 Å². The van der Waals surface area contributed by atoms with Crippen LogP contribution in [0.1, 0.15) is 38.7 Å². The van der Waals surface area contributed by atoms with Crippen LogP contribution >= 0.6 is 24.0 Å². The fraction of sp³-hybridized carbons (Fsp3) is 0.591. The monoisotopic (exact) mass is 528 g/mol. The summed E-state index contributed by atoms with van der Waals surface area (Å²) >= 11 is 0. The molecule has 1 aliphatic carbocycles. The first-order chi connectivity index (χ1) is 14.0. The van der Waals surface area contributed by atoms with Gasteiger partial charge < -0.3 is 20.3 Å². The van der Waals surface area contributed by atoms with Crippen molar-refractivity contribution in [2.24, 2.45) is 22.7 Å². The Bertz CT molecular complexity index is 767. The van der Waals surface area contributed by atoms with Gasteiger partial charge in [0.1, 0.15) is 0 Å². The number of benzene rings is 1. The number of anilines is 1. The van der Waals surface area contributed by atoms with E-state index in [9.17, 15) is 9.59 Å². The standard InChI is InChI=1S/C22H32N4O3.HI/c1-4-23-22(26-13-15(2)19(14-26)21(28)29-3)24-12-16-7-5-10-18(11-16)25-20(27)17-8-6-9-17;/h5,7,10-11,15,17,19H,4,6,8-9,12-14H2,1-3H3,(H,23,24)(H,25,27);1H. The SMILES string of the molecule is CCNC(=NCc1cccc(NC(=O)C2CCC2)c1)N1CC(C)C(C(=O)OC)C1.I. The number of hydrogen-bond acceptors (Lipinski definition) is 4. The van der Waals surface area contributed by atoms with Crippen LogP contribution in [-0.2, 0) is 20.9 Å². The van der Waals surface area contributed by atoms with Gasteiger partial charge in [-0.2, -0.15) is 0 Å². The van der Waals surface area contributed by atoms with Crippen LogP contribution in [0.3, 0.4) is 0 Å². The van der Waals surface area contributed by atoms with Gasteiger partial charge in [0.05, 0.1) is 19.6 Å². The molecule has 1 heterocycles. The molecule has 1 aromatic rings. The summed E-state index contributed by atoms with van der Waals surface area (Å²) in [5.41, 5.74) is 1.85. The lowest BCUT2D eigenvalue weighted by Crippen LogP contribution is -2.40. The van der Waals surface area contributed by atoms with Crippen molar-refractivity contribution in [2.75, 3.05) is 32.1 Å². The van der Waals surface area contributed by atoms with Crippen LogP contribution < -0.4 is 10.6 Å². The van der Waals surface area contributed by atoms with Crippen molar-refractivity contribution >= 4 is 47.5 Å². The molecule has 0 aromatic heterocycles. The Balaban J connectivity index is 0.00000320. The van der Waals surface area contributed by atoms with Gasteiger partial charge in [0.25, 0.3) is 0 Å². The van der Waals surface area contributed by atoms with E-state index in [4.69, 9.17) is 9.73 Å². The number of guanidine groups is 1. The van der Waals surface area contributed by atoms with E-state index in [0.717, 1.165) is 49.6 Å². The lowest BCUT2D eigenvalue weighted by Gasteiger charge is -2.24. The zero-order valence-electron chi connectivity index (χ0n) is 18.0. The third-order valence-electron chi connectivity index (χ3n) is 5.83. The van der Waals surface area contributed by atoms with Crippen LogP contribution in [0.4, 0.5) is 5.69 Å². The van der Waals surface area contributed by atoms with Gasteiger partial charge in [-0.25, -0.2) is 4.99 Å². The summed E-state index contributed by atoms with van der Waals surface area (Å²) in [6.45, 7) is 6.73. The number of ether oxygens (including phenoxy) is 1. The molecule has 2 fully saturated rings. The zero-order valence-corrected chi connectivity index (χ0v) is 20.3. The molecule has 166 valence electrons. The highest BCUT2D eigenvalue weighted by Gasteiger charge is 2.36. The van der Waals surface area contributed by atoms with Crippen molar-refractivity contribution < 1.29 is 14.3 Å². The van der Waals surface area contributed by atoms with Crippen LogP contribution in [0, 0.1) is 17.8 Å². The number of rotatable bonds is 6. The van der Waals surface area contributed by atoms with Crippen molar-refractivity contribution in [1.29, 1.82) is 0 Å². The van der Waals surface area contributed by atoms with Crippen LogP contribution in [0.25, 0.3) is 0 Å². The van der Waals surface area contributed by atoms with Crippen LogP contribution in [0.15, 0.2) is 29.3 Å². The number of aliphatic imine (C=N–C) groups is 1. The molecule has 1 amide bonds. The lowest BCUT2D eigenvalue weighted by atomic mass is 9.85. The molecular formula is C22H33IN4O3. The predicted octanol–water partition coefficient (Wildman–Crippen LogP) is 3.25. The van der Waals surface area contributed by atoms with E-state index in [1.807, 2.05) is 31.2 Å². The van der Waals surface area contributed by atoms with E-state index in [-0.39, 0.29) is 53.6 Å². The number of amides is 1. The molecule has 1 aliphatic heterocycles. The first kappa shape index (κ1) is 24.4. The maximum Gasteiger partial charge on any atom is 0.310 e. The maximum atomic E-state index is 12.2. The Morgan fingerprint density at radius 2 is 2.03 bits per heavy atom. The van der Waals surface area contributed by atoms with Gasteiger partial charge in [-0.05, 0) is 43.4 Å². The number of nitrogens with zero attached hydrogens (tertiary/aromatic N) is 2. The Hall–Kier alpha value is -1.84. The van der Waals surface area contributed by atoms with Gasteiger partial charge >= 0.3 is 5.97 Å². The fourth-order valence-electron chi connectivity index (χ4n) is 3.85. The summed E-state index contributed by atoms with van der Waals surface area (Å²) in [6.07, 6.45) is 3.12.